The zero-order chi connectivity index (χ0) is 15.9. The van der Waals surface area contributed by atoms with Crippen LogP contribution >= 0.6 is 11.8 Å². The molecule has 116 valence electrons. The highest BCUT2D eigenvalue weighted by atomic mass is 32.2. The third-order valence-corrected chi connectivity index (χ3v) is 5.27. The summed E-state index contributed by atoms with van der Waals surface area (Å²) < 4.78 is 0. The van der Waals surface area contributed by atoms with Crippen molar-refractivity contribution in [2.45, 2.75) is 31.6 Å². The van der Waals surface area contributed by atoms with E-state index in [0.717, 1.165) is 6.42 Å². The number of carbonyl (C=O) groups excluding carboxylic acids is 1. The average Bonchev–Trinajstić information content (AvgIpc) is 2.82. The second-order valence-corrected chi connectivity index (χ2v) is 6.40. The number of β-lactam (4-membered cyclic amide) rings is 1. The molecule has 1 aromatic heterocycles. The predicted octanol–water partition coefficient (Wildman–Crippen LogP) is 1.96. The third-order valence-electron chi connectivity index (χ3n) is 4.14. The Morgan fingerprint density at radius 2 is 2.32 bits per heavy atom. The standard InChI is InChI=1S/C15H16N2O4S/c1-2-8-10-6-12(13(15(20)21)17(10)14(8)19)22-7-9-11(18)4-3-5-16-9/h3-5,8,10,18H,2,6-7H2,1H3,(H,20,21)/t8-,10-/m1/s1. The molecule has 3 heterocycles. The molecule has 3 rings (SSSR count). The maximum absolute atomic E-state index is 12.0. The Morgan fingerprint density at radius 3 is 2.95 bits per heavy atom. The zero-order valence-corrected chi connectivity index (χ0v) is 12.8. The predicted molar refractivity (Wildman–Crippen MR) is 80.9 cm³/mol. The first-order chi connectivity index (χ1) is 10.5. The van der Waals surface area contributed by atoms with Crippen LogP contribution in [0.2, 0.25) is 0 Å². The third kappa shape index (κ3) is 2.25. The molecule has 1 amide bonds. The van der Waals surface area contributed by atoms with Crippen LogP contribution in [0.3, 0.4) is 0 Å². The van der Waals surface area contributed by atoms with Gasteiger partial charge in [0.2, 0.25) is 5.91 Å². The van der Waals surface area contributed by atoms with Crippen molar-refractivity contribution in [2.75, 3.05) is 0 Å². The molecule has 22 heavy (non-hydrogen) atoms. The van der Waals surface area contributed by atoms with Crippen molar-refractivity contribution in [2.24, 2.45) is 5.92 Å². The Balaban J connectivity index is 1.79. The molecule has 0 saturated carbocycles. The molecule has 1 saturated heterocycles. The molecule has 2 N–H and O–H groups in total. The SMILES string of the molecule is CC[C@H]1C(=O)N2C(C(=O)O)=C(SCc3ncccc3O)C[C@H]12. The second-order valence-electron chi connectivity index (χ2n) is 5.33. The van der Waals surface area contributed by atoms with Crippen LogP contribution in [-0.4, -0.2) is 38.0 Å². The highest BCUT2D eigenvalue weighted by molar-refractivity contribution is 8.02. The first-order valence-electron chi connectivity index (χ1n) is 7.09. The lowest BCUT2D eigenvalue weighted by atomic mass is 9.85. The van der Waals surface area contributed by atoms with E-state index < -0.39 is 5.97 Å². The number of thioether (sulfide) groups is 1. The lowest BCUT2D eigenvalue weighted by molar-refractivity contribution is -0.155. The molecule has 2 aliphatic rings. The van der Waals surface area contributed by atoms with Crippen molar-refractivity contribution in [3.05, 3.63) is 34.6 Å². The fourth-order valence-electron chi connectivity index (χ4n) is 3.03. The number of pyridine rings is 1. The van der Waals surface area contributed by atoms with Gasteiger partial charge in [0, 0.05) is 23.3 Å². The van der Waals surface area contributed by atoms with E-state index in [1.807, 2.05) is 6.92 Å². The van der Waals surface area contributed by atoms with E-state index in [0.29, 0.717) is 22.8 Å². The number of aromatic hydroxyl groups is 1. The lowest BCUT2D eigenvalue weighted by Crippen LogP contribution is -2.58. The second kappa shape index (κ2) is 5.64. The molecule has 0 unspecified atom stereocenters. The van der Waals surface area contributed by atoms with Crippen LogP contribution in [0.1, 0.15) is 25.5 Å². The van der Waals surface area contributed by atoms with Gasteiger partial charge in [-0.1, -0.05) is 6.92 Å². The van der Waals surface area contributed by atoms with Gasteiger partial charge in [-0.3, -0.25) is 9.78 Å². The molecule has 0 bridgehead atoms. The maximum Gasteiger partial charge on any atom is 0.353 e. The summed E-state index contributed by atoms with van der Waals surface area (Å²) in [6.07, 6.45) is 2.89. The van der Waals surface area contributed by atoms with E-state index in [2.05, 4.69) is 4.98 Å². The minimum atomic E-state index is -1.07. The molecule has 2 aliphatic heterocycles. The minimum absolute atomic E-state index is 0.0246. The summed E-state index contributed by atoms with van der Waals surface area (Å²) in [5.74, 6) is -0.768. The number of fused-ring (bicyclic) bond motifs is 1. The Labute approximate surface area is 131 Å². The van der Waals surface area contributed by atoms with Crippen molar-refractivity contribution >= 4 is 23.6 Å². The Hall–Kier alpha value is -2.02. The van der Waals surface area contributed by atoms with Crippen LogP contribution in [0.4, 0.5) is 0 Å². The summed E-state index contributed by atoms with van der Waals surface area (Å²) in [5, 5.41) is 19.1. The van der Waals surface area contributed by atoms with Crippen LogP contribution in [0.5, 0.6) is 5.75 Å². The lowest BCUT2D eigenvalue weighted by Gasteiger charge is -2.42. The summed E-state index contributed by atoms with van der Waals surface area (Å²) in [6.45, 7) is 1.94. The van der Waals surface area contributed by atoms with Crippen molar-refractivity contribution in [3.8, 4) is 5.75 Å². The van der Waals surface area contributed by atoms with Gasteiger partial charge in [0.25, 0.3) is 0 Å². The molecule has 0 aliphatic carbocycles. The summed E-state index contributed by atoms with van der Waals surface area (Å²) in [5.41, 5.74) is 0.609. The number of hydrogen-bond donors (Lipinski definition) is 2. The quantitative estimate of drug-likeness (QED) is 0.806. The first kappa shape index (κ1) is 14.9. The molecular weight excluding hydrogens is 304 g/mol. The Bertz CT molecular complexity index is 673. The van der Waals surface area contributed by atoms with E-state index >= 15 is 0 Å². The number of amides is 1. The molecule has 1 fully saturated rings. The van der Waals surface area contributed by atoms with Gasteiger partial charge in [0.1, 0.15) is 11.4 Å². The van der Waals surface area contributed by atoms with E-state index in [1.54, 1.807) is 18.3 Å². The van der Waals surface area contributed by atoms with Crippen molar-refractivity contribution in [1.29, 1.82) is 0 Å². The molecule has 6 nitrogen and oxygen atoms in total. The van der Waals surface area contributed by atoms with Gasteiger partial charge < -0.3 is 15.1 Å². The summed E-state index contributed by atoms with van der Waals surface area (Å²) in [7, 11) is 0. The van der Waals surface area contributed by atoms with E-state index in [1.165, 1.54) is 16.7 Å². The first-order valence-corrected chi connectivity index (χ1v) is 8.08. The fraction of sp³-hybridized carbons (Fsp3) is 0.400. The number of hydrogen-bond acceptors (Lipinski definition) is 5. The summed E-state index contributed by atoms with van der Waals surface area (Å²) in [6, 6.07) is 3.16. The van der Waals surface area contributed by atoms with Gasteiger partial charge in [-0.25, -0.2) is 4.79 Å². The minimum Gasteiger partial charge on any atom is -0.506 e. The van der Waals surface area contributed by atoms with Gasteiger partial charge in [-0.2, -0.15) is 0 Å². The maximum atomic E-state index is 12.0. The molecule has 0 radical (unpaired) electrons. The van der Waals surface area contributed by atoms with Crippen LogP contribution in [0.15, 0.2) is 28.9 Å². The van der Waals surface area contributed by atoms with Crippen molar-refractivity contribution in [1.82, 2.24) is 9.88 Å². The summed E-state index contributed by atoms with van der Waals surface area (Å²) >= 11 is 1.33. The van der Waals surface area contributed by atoms with Crippen LogP contribution in [-0.2, 0) is 15.3 Å². The molecular formula is C15H16N2O4S. The van der Waals surface area contributed by atoms with E-state index in [4.69, 9.17) is 0 Å². The Kier molecular flexibility index (Phi) is 3.82. The monoisotopic (exact) mass is 320 g/mol. The molecule has 0 spiro atoms. The fourth-order valence-corrected chi connectivity index (χ4v) is 4.17. The highest BCUT2D eigenvalue weighted by Gasteiger charge is 2.54. The molecule has 7 heteroatoms. The number of aliphatic carboxylic acids is 1. The highest BCUT2D eigenvalue weighted by Crippen LogP contribution is 2.47. The van der Waals surface area contributed by atoms with Crippen LogP contribution in [0, 0.1) is 5.92 Å². The van der Waals surface area contributed by atoms with Gasteiger partial charge in [0.05, 0.1) is 17.7 Å². The summed E-state index contributed by atoms with van der Waals surface area (Å²) in [4.78, 5) is 29.7. The smallest absolute Gasteiger partial charge is 0.353 e. The van der Waals surface area contributed by atoms with Crippen molar-refractivity contribution in [3.63, 3.8) is 0 Å². The number of rotatable bonds is 5. The molecule has 1 aromatic rings. The van der Waals surface area contributed by atoms with Crippen molar-refractivity contribution < 1.29 is 19.8 Å². The number of carboxylic acid groups (broad SMARTS) is 1. The van der Waals surface area contributed by atoms with E-state index in [9.17, 15) is 19.8 Å². The van der Waals surface area contributed by atoms with Gasteiger partial charge in [-0.05, 0) is 18.6 Å². The van der Waals surface area contributed by atoms with Crippen LogP contribution < -0.4 is 0 Å². The normalized spacial score (nSPS) is 23.5. The largest absolute Gasteiger partial charge is 0.506 e. The number of carbonyl (C=O) groups is 2. The zero-order valence-electron chi connectivity index (χ0n) is 12.0. The topological polar surface area (TPSA) is 90.7 Å². The van der Waals surface area contributed by atoms with E-state index in [-0.39, 0.29) is 29.3 Å². The number of carboxylic acids is 1. The molecule has 0 aromatic carbocycles. The van der Waals surface area contributed by atoms with Gasteiger partial charge >= 0.3 is 5.97 Å². The van der Waals surface area contributed by atoms with Gasteiger partial charge in [0.15, 0.2) is 0 Å². The van der Waals surface area contributed by atoms with Crippen LogP contribution in [0.25, 0.3) is 0 Å². The number of aromatic nitrogens is 1. The molecule has 2 atom stereocenters. The Morgan fingerprint density at radius 1 is 1.55 bits per heavy atom. The number of nitrogens with zero attached hydrogens (tertiary/aromatic N) is 2. The average molecular weight is 320 g/mol. The van der Waals surface area contributed by atoms with Gasteiger partial charge in [-0.15, -0.1) is 11.8 Å².